The van der Waals surface area contributed by atoms with Crippen molar-refractivity contribution < 1.29 is 9.13 Å². The van der Waals surface area contributed by atoms with Crippen molar-refractivity contribution in [3.63, 3.8) is 0 Å². The van der Waals surface area contributed by atoms with Crippen LogP contribution in [0.1, 0.15) is 11.1 Å². The molecule has 1 heterocycles. The quantitative estimate of drug-likeness (QED) is 0.922. The Morgan fingerprint density at radius 1 is 1.30 bits per heavy atom. The molecule has 0 saturated heterocycles. The first kappa shape index (κ1) is 14.8. The summed E-state index contributed by atoms with van der Waals surface area (Å²) >= 11 is 5.99. The van der Waals surface area contributed by atoms with Gasteiger partial charge in [-0.2, -0.15) is 0 Å². The second-order valence-electron chi connectivity index (χ2n) is 4.58. The zero-order valence-electron chi connectivity index (χ0n) is 11.1. The van der Waals surface area contributed by atoms with Gasteiger partial charge in [0.1, 0.15) is 5.82 Å². The minimum Gasteiger partial charge on any atom is -0.481 e. The van der Waals surface area contributed by atoms with Crippen LogP contribution in [0.3, 0.4) is 0 Å². The van der Waals surface area contributed by atoms with E-state index in [1.807, 2.05) is 6.07 Å². The highest BCUT2D eigenvalue weighted by Gasteiger charge is 2.12. The SMILES string of the molecule is COc1ccc(CC(N)Cc2c(F)cccc2Cl)cn1. The number of pyridine rings is 1. The summed E-state index contributed by atoms with van der Waals surface area (Å²) in [7, 11) is 1.56. The van der Waals surface area contributed by atoms with E-state index in [2.05, 4.69) is 4.98 Å². The monoisotopic (exact) mass is 294 g/mol. The number of hydrogen-bond donors (Lipinski definition) is 1. The highest BCUT2D eigenvalue weighted by atomic mass is 35.5. The third-order valence-electron chi connectivity index (χ3n) is 3.03. The number of rotatable bonds is 5. The van der Waals surface area contributed by atoms with Crippen molar-refractivity contribution in [2.75, 3.05) is 7.11 Å². The Bertz CT molecular complexity index is 554. The van der Waals surface area contributed by atoms with Gasteiger partial charge in [0.15, 0.2) is 0 Å². The highest BCUT2D eigenvalue weighted by Crippen LogP contribution is 2.21. The van der Waals surface area contributed by atoms with Crippen molar-refractivity contribution in [1.29, 1.82) is 0 Å². The molecule has 0 spiro atoms. The van der Waals surface area contributed by atoms with Crippen molar-refractivity contribution in [2.24, 2.45) is 5.73 Å². The lowest BCUT2D eigenvalue weighted by atomic mass is 10.0. The topological polar surface area (TPSA) is 48.1 Å². The van der Waals surface area contributed by atoms with Gasteiger partial charge in [-0.3, -0.25) is 0 Å². The average Bonchev–Trinajstić information content (AvgIpc) is 2.44. The van der Waals surface area contributed by atoms with Crippen LogP contribution < -0.4 is 10.5 Å². The van der Waals surface area contributed by atoms with E-state index in [1.54, 1.807) is 31.5 Å². The van der Waals surface area contributed by atoms with Gasteiger partial charge in [0.05, 0.1) is 7.11 Å². The maximum Gasteiger partial charge on any atom is 0.212 e. The van der Waals surface area contributed by atoms with E-state index in [9.17, 15) is 4.39 Å². The third-order valence-corrected chi connectivity index (χ3v) is 3.39. The Kier molecular flexibility index (Phi) is 4.93. The minimum atomic E-state index is -0.319. The van der Waals surface area contributed by atoms with Crippen LogP contribution in [0.2, 0.25) is 5.02 Å². The van der Waals surface area contributed by atoms with Crippen molar-refractivity contribution >= 4 is 11.6 Å². The first-order valence-electron chi connectivity index (χ1n) is 6.27. The Morgan fingerprint density at radius 3 is 2.70 bits per heavy atom. The maximum absolute atomic E-state index is 13.7. The van der Waals surface area contributed by atoms with Gasteiger partial charge in [-0.05, 0) is 30.5 Å². The standard InChI is InChI=1S/C15H16ClFN2O/c1-20-15-6-5-10(9-19-15)7-11(18)8-12-13(16)3-2-4-14(12)17/h2-6,9,11H,7-8,18H2,1H3. The Hall–Kier alpha value is -1.65. The molecule has 2 N–H and O–H groups in total. The molecule has 0 radical (unpaired) electrons. The molecule has 1 unspecified atom stereocenters. The molecule has 2 aromatic rings. The summed E-state index contributed by atoms with van der Waals surface area (Å²) in [6.07, 6.45) is 2.70. The molecule has 3 nitrogen and oxygen atoms in total. The zero-order valence-corrected chi connectivity index (χ0v) is 11.9. The van der Waals surface area contributed by atoms with Crippen LogP contribution in [-0.4, -0.2) is 18.1 Å². The summed E-state index contributed by atoms with van der Waals surface area (Å²) < 4.78 is 18.7. The van der Waals surface area contributed by atoms with Crippen LogP contribution in [0.4, 0.5) is 4.39 Å². The lowest BCUT2D eigenvalue weighted by molar-refractivity contribution is 0.397. The molecule has 0 amide bonds. The number of nitrogens with two attached hydrogens (primary N) is 1. The molecule has 1 aromatic heterocycles. The smallest absolute Gasteiger partial charge is 0.212 e. The predicted octanol–water partition coefficient (Wildman–Crippen LogP) is 3.00. The highest BCUT2D eigenvalue weighted by molar-refractivity contribution is 6.31. The van der Waals surface area contributed by atoms with E-state index < -0.39 is 0 Å². The molecular formula is C15H16ClFN2O. The van der Waals surface area contributed by atoms with E-state index in [1.165, 1.54) is 6.07 Å². The number of methoxy groups -OCH3 is 1. The second kappa shape index (κ2) is 6.68. The number of nitrogens with zero attached hydrogens (tertiary/aromatic N) is 1. The number of aromatic nitrogens is 1. The van der Waals surface area contributed by atoms with Crippen LogP contribution in [0, 0.1) is 5.82 Å². The second-order valence-corrected chi connectivity index (χ2v) is 4.98. The first-order chi connectivity index (χ1) is 9.60. The zero-order chi connectivity index (χ0) is 14.5. The normalized spacial score (nSPS) is 12.2. The molecule has 0 aliphatic rings. The van der Waals surface area contributed by atoms with Crippen LogP contribution in [-0.2, 0) is 12.8 Å². The van der Waals surface area contributed by atoms with Gasteiger partial charge in [-0.1, -0.05) is 23.7 Å². The van der Waals surface area contributed by atoms with Gasteiger partial charge in [0, 0.05) is 28.9 Å². The van der Waals surface area contributed by atoms with Crippen LogP contribution in [0.5, 0.6) is 5.88 Å². The summed E-state index contributed by atoms with van der Waals surface area (Å²) in [6, 6.07) is 8.09. The van der Waals surface area contributed by atoms with Crippen molar-refractivity contribution in [3.05, 3.63) is 58.5 Å². The van der Waals surface area contributed by atoms with E-state index in [0.29, 0.717) is 29.3 Å². The Labute approximate surface area is 122 Å². The summed E-state index contributed by atoms with van der Waals surface area (Å²) in [4.78, 5) is 4.11. The van der Waals surface area contributed by atoms with Gasteiger partial charge < -0.3 is 10.5 Å². The van der Waals surface area contributed by atoms with Crippen LogP contribution in [0.25, 0.3) is 0 Å². The summed E-state index contributed by atoms with van der Waals surface area (Å²) in [5.74, 6) is 0.236. The summed E-state index contributed by atoms with van der Waals surface area (Å²) in [6.45, 7) is 0. The van der Waals surface area contributed by atoms with Crippen LogP contribution >= 0.6 is 11.6 Å². The predicted molar refractivity (Wildman–Crippen MR) is 77.6 cm³/mol. The summed E-state index contributed by atoms with van der Waals surface area (Å²) in [5.41, 5.74) is 7.50. The molecular weight excluding hydrogens is 279 g/mol. The molecule has 0 fully saturated rings. The Balaban J connectivity index is 2.03. The molecule has 106 valence electrons. The molecule has 5 heteroatoms. The fraction of sp³-hybridized carbons (Fsp3) is 0.267. The van der Waals surface area contributed by atoms with E-state index in [4.69, 9.17) is 22.1 Å². The summed E-state index contributed by atoms with van der Waals surface area (Å²) in [5, 5.41) is 0.410. The molecule has 0 aliphatic heterocycles. The molecule has 0 saturated carbocycles. The van der Waals surface area contributed by atoms with Crippen molar-refractivity contribution in [1.82, 2.24) is 4.98 Å². The third kappa shape index (κ3) is 3.68. The average molecular weight is 295 g/mol. The lowest BCUT2D eigenvalue weighted by Gasteiger charge is -2.13. The fourth-order valence-corrected chi connectivity index (χ4v) is 2.26. The number of ether oxygens (including phenoxy) is 1. The molecule has 0 bridgehead atoms. The number of benzene rings is 1. The largest absolute Gasteiger partial charge is 0.481 e. The maximum atomic E-state index is 13.7. The molecule has 1 aromatic carbocycles. The van der Waals surface area contributed by atoms with Crippen molar-refractivity contribution in [2.45, 2.75) is 18.9 Å². The van der Waals surface area contributed by atoms with Gasteiger partial charge >= 0.3 is 0 Å². The van der Waals surface area contributed by atoms with Gasteiger partial charge in [-0.15, -0.1) is 0 Å². The van der Waals surface area contributed by atoms with Crippen LogP contribution in [0.15, 0.2) is 36.5 Å². The molecule has 0 aliphatic carbocycles. The van der Waals surface area contributed by atoms with Gasteiger partial charge in [0.2, 0.25) is 5.88 Å². The Morgan fingerprint density at radius 2 is 2.10 bits per heavy atom. The van der Waals surface area contributed by atoms with Gasteiger partial charge in [0.25, 0.3) is 0 Å². The van der Waals surface area contributed by atoms with E-state index >= 15 is 0 Å². The lowest BCUT2D eigenvalue weighted by Crippen LogP contribution is -2.26. The van der Waals surface area contributed by atoms with E-state index in [-0.39, 0.29) is 11.9 Å². The molecule has 20 heavy (non-hydrogen) atoms. The van der Waals surface area contributed by atoms with Gasteiger partial charge in [-0.25, -0.2) is 9.37 Å². The van der Waals surface area contributed by atoms with E-state index in [0.717, 1.165) is 5.56 Å². The molecule has 1 atom stereocenters. The minimum absolute atomic E-state index is 0.223. The van der Waals surface area contributed by atoms with Crippen molar-refractivity contribution in [3.8, 4) is 5.88 Å². The molecule has 2 rings (SSSR count). The fourth-order valence-electron chi connectivity index (χ4n) is 2.02. The number of hydrogen-bond acceptors (Lipinski definition) is 3. The number of halogens is 2. The first-order valence-corrected chi connectivity index (χ1v) is 6.65.